The van der Waals surface area contributed by atoms with Crippen molar-refractivity contribution >= 4 is 5.91 Å². The first-order valence-electron chi connectivity index (χ1n) is 6.58. The number of carbonyl (C=O) groups excluding carboxylic acids is 1. The zero-order valence-electron chi connectivity index (χ0n) is 11.5. The van der Waals surface area contributed by atoms with Crippen LogP contribution in [0.2, 0.25) is 0 Å². The number of amides is 1. The average Bonchev–Trinajstić information content (AvgIpc) is 2.62. The highest BCUT2D eigenvalue weighted by Crippen LogP contribution is 2.62. The number of carbonyl (C=O) groups is 1. The number of piperazine rings is 1. The van der Waals surface area contributed by atoms with Gasteiger partial charge in [-0.05, 0) is 10.8 Å². The number of nitrogens with one attached hydrogen (secondary N) is 2. The highest BCUT2D eigenvalue weighted by molar-refractivity contribution is 5.79. The molecule has 2 aliphatic rings. The lowest BCUT2D eigenvalue weighted by Gasteiger charge is -2.26. The van der Waals surface area contributed by atoms with E-state index >= 15 is 0 Å². The Kier molecular flexibility index (Phi) is 3.21. The van der Waals surface area contributed by atoms with Crippen LogP contribution >= 0.6 is 0 Å². The molecule has 2 rings (SSSR count). The second-order valence-corrected chi connectivity index (χ2v) is 6.47. The monoisotopic (exact) mass is 239 g/mol. The number of rotatable bonds is 3. The summed E-state index contributed by atoms with van der Waals surface area (Å²) < 4.78 is 0. The smallest absolute Gasteiger partial charge is 0.234 e. The van der Waals surface area contributed by atoms with Crippen LogP contribution in [0.5, 0.6) is 0 Å². The highest BCUT2D eigenvalue weighted by atomic mass is 16.2. The van der Waals surface area contributed by atoms with Gasteiger partial charge in [-0.1, -0.05) is 27.7 Å². The zero-order chi connectivity index (χ0) is 12.7. The van der Waals surface area contributed by atoms with Crippen LogP contribution in [0, 0.1) is 10.8 Å². The maximum atomic E-state index is 12.0. The Morgan fingerprint density at radius 2 is 1.76 bits per heavy atom. The van der Waals surface area contributed by atoms with Crippen molar-refractivity contribution in [2.75, 3.05) is 32.7 Å². The van der Waals surface area contributed by atoms with E-state index in [0.29, 0.717) is 12.6 Å². The van der Waals surface area contributed by atoms with Crippen LogP contribution in [0.4, 0.5) is 0 Å². The molecule has 0 unspecified atom stereocenters. The van der Waals surface area contributed by atoms with Gasteiger partial charge >= 0.3 is 0 Å². The number of hydrogen-bond donors (Lipinski definition) is 2. The third-order valence-corrected chi connectivity index (χ3v) is 4.90. The van der Waals surface area contributed by atoms with Crippen LogP contribution in [0.1, 0.15) is 27.7 Å². The largest absolute Gasteiger partial charge is 0.351 e. The van der Waals surface area contributed by atoms with Crippen LogP contribution in [0.3, 0.4) is 0 Å². The molecule has 0 radical (unpaired) electrons. The Bertz CT molecular complexity index is 292. The first-order chi connectivity index (χ1) is 7.85. The molecule has 2 fully saturated rings. The van der Waals surface area contributed by atoms with Crippen LogP contribution < -0.4 is 10.6 Å². The Morgan fingerprint density at radius 3 is 2.24 bits per heavy atom. The van der Waals surface area contributed by atoms with E-state index in [1.807, 2.05) is 0 Å². The van der Waals surface area contributed by atoms with Crippen molar-refractivity contribution in [3.63, 3.8) is 0 Å². The number of hydrogen-bond acceptors (Lipinski definition) is 3. The maximum absolute atomic E-state index is 12.0. The number of nitrogens with zero attached hydrogens (tertiary/aromatic N) is 1. The fourth-order valence-electron chi connectivity index (χ4n) is 2.84. The molecule has 0 atom stereocenters. The second kappa shape index (κ2) is 4.25. The van der Waals surface area contributed by atoms with Crippen molar-refractivity contribution in [3.05, 3.63) is 0 Å². The van der Waals surface area contributed by atoms with Crippen molar-refractivity contribution in [2.45, 2.75) is 33.7 Å². The first-order valence-corrected chi connectivity index (χ1v) is 6.58. The van der Waals surface area contributed by atoms with Gasteiger partial charge in [-0.3, -0.25) is 9.69 Å². The van der Waals surface area contributed by atoms with E-state index in [1.54, 1.807) is 0 Å². The Balaban J connectivity index is 1.79. The summed E-state index contributed by atoms with van der Waals surface area (Å²) in [6, 6.07) is 0.324. The summed E-state index contributed by atoms with van der Waals surface area (Å²) in [5.74, 6) is 0.176. The quantitative estimate of drug-likeness (QED) is 0.751. The minimum atomic E-state index is 0.176. The molecule has 1 aliphatic heterocycles. The molecule has 0 bridgehead atoms. The second-order valence-electron chi connectivity index (χ2n) is 6.47. The van der Waals surface area contributed by atoms with Crippen molar-refractivity contribution in [2.24, 2.45) is 10.8 Å². The molecule has 17 heavy (non-hydrogen) atoms. The summed E-state index contributed by atoms with van der Waals surface area (Å²) in [4.78, 5) is 14.2. The lowest BCUT2D eigenvalue weighted by molar-refractivity contribution is -0.122. The summed E-state index contributed by atoms with van der Waals surface area (Å²) in [6.45, 7) is 13.4. The van der Waals surface area contributed by atoms with Crippen molar-refractivity contribution in [1.29, 1.82) is 0 Å². The molecule has 0 aromatic heterocycles. The molecule has 2 N–H and O–H groups in total. The molecule has 0 aromatic carbocycles. The van der Waals surface area contributed by atoms with E-state index in [9.17, 15) is 4.79 Å². The van der Waals surface area contributed by atoms with Gasteiger partial charge in [-0.15, -0.1) is 0 Å². The summed E-state index contributed by atoms with van der Waals surface area (Å²) >= 11 is 0. The van der Waals surface area contributed by atoms with Gasteiger partial charge in [0.25, 0.3) is 0 Å². The molecule has 1 aliphatic carbocycles. The SMILES string of the molecule is CC1(C)C(NC(=O)CN2CCNCC2)C1(C)C. The molecular formula is C13H25N3O. The molecule has 4 nitrogen and oxygen atoms in total. The average molecular weight is 239 g/mol. The molecule has 1 heterocycles. The molecule has 1 saturated heterocycles. The van der Waals surface area contributed by atoms with Gasteiger partial charge in [-0.2, -0.15) is 0 Å². The third-order valence-electron chi connectivity index (χ3n) is 4.90. The van der Waals surface area contributed by atoms with Crippen molar-refractivity contribution in [3.8, 4) is 0 Å². The van der Waals surface area contributed by atoms with Gasteiger partial charge in [0.1, 0.15) is 0 Å². The van der Waals surface area contributed by atoms with Gasteiger partial charge in [-0.25, -0.2) is 0 Å². The predicted octanol–water partition coefficient (Wildman–Crippen LogP) is 0.442. The van der Waals surface area contributed by atoms with Gasteiger partial charge in [0.15, 0.2) is 0 Å². The van der Waals surface area contributed by atoms with Gasteiger partial charge in [0.05, 0.1) is 6.54 Å². The molecule has 4 heteroatoms. The molecule has 98 valence electrons. The van der Waals surface area contributed by atoms with Gasteiger partial charge < -0.3 is 10.6 Å². The summed E-state index contributed by atoms with van der Waals surface area (Å²) in [7, 11) is 0. The Hall–Kier alpha value is -0.610. The molecular weight excluding hydrogens is 214 g/mol. The zero-order valence-corrected chi connectivity index (χ0v) is 11.5. The lowest BCUT2D eigenvalue weighted by Crippen LogP contribution is -2.48. The summed E-state index contributed by atoms with van der Waals surface area (Å²) in [5, 5.41) is 6.47. The van der Waals surface area contributed by atoms with E-state index < -0.39 is 0 Å². The van der Waals surface area contributed by atoms with E-state index in [0.717, 1.165) is 26.2 Å². The van der Waals surface area contributed by atoms with Crippen molar-refractivity contribution in [1.82, 2.24) is 15.5 Å². The van der Waals surface area contributed by atoms with E-state index in [2.05, 4.69) is 43.2 Å². The van der Waals surface area contributed by atoms with E-state index in [-0.39, 0.29) is 16.7 Å². The van der Waals surface area contributed by atoms with Crippen LogP contribution in [0.15, 0.2) is 0 Å². The fraction of sp³-hybridized carbons (Fsp3) is 0.923. The van der Waals surface area contributed by atoms with Gasteiger partial charge in [0, 0.05) is 32.2 Å². The minimum absolute atomic E-state index is 0.176. The lowest BCUT2D eigenvalue weighted by atomic mass is 10.0. The van der Waals surface area contributed by atoms with Crippen molar-refractivity contribution < 1.29 is 4.79 Å². The third kappa shape index (κ3) is 2.33. The van der Waals surface area contributed by atoms with E-state index in [4.69, 9.17) is 0 Å². The summed E-state index contributed by atoms with van der Waals surface area (Å²) in [6.07, 6.45) is 0. The van der Waals surface area contributed by atoms with Gasteiger partial charge in [0.2, 0.25) is 5.91 Å². The minimum Gasteiger partial charge on any atom is -0.351 e. The maximum Gasteiger partial charge on any atom is 0.234 e. The Labute approximate surface area is 104 Å². The molecule has 1 amide bonds. The van der Waals surface area contributed by atoms with Crippen LogP contribution in [-0.2, 0) is 4.79 Å². The van der Waals surface area contributed by atoms with Crippen LogP contribution in [-0.4, -0.2) is 49.6 Å². The topological polar surface area (TPSA) is 44.4 Å². The molecule has 0 spiro atoms. The predicted molar refractivity (Wildman–Crippen MR) is 68.8 cm³/mol. The standard InChI is InChI=1S/C13H25N3O/c1-12(2)11(13(12,3)4)15-10(17)9-16-7-5-14-6-8-16/h11,14H,5-9H2,1-4H3,(H,15,17). The summed E-state index contributed by atoms with van der Waals surface area (Å²) in [5.41, 5.74) is 0.457. The molecule has 1 saturated carbocycles. The van der Waals surface area contributed by atoms with E-state index in [1.165, 1.54) is 0 Å². The normalized spacial score (nSPS) is 27.8. The molecule has 0 aromatic rings. The fourth-order valence-corrected chi connectivity index (χ4v) is 2.84. The first kappa shape index (κ1) is 12.8. The highest BCUT2D eigenvalue weighted by Gasteiger charge is 2.65. The van der Waals surface area contributed by atoms with Crippen LogP contribution in [0.25, 0.3) is 0 Å². The Morgan fingerprint density at radius 1 is 1.24 bits per heavy atom.